The van der Waals surface area contributed by atoms with Crippen LogP contribution in [0.5, 0.6) is 0 Å². The molecule has 1 aromatic rings. The Kier molecular flexibility index (Phi) is 1.55. The van der Waals surface area contributed by atoms with E-state index in [1.165, 1.54) is 24.4 Å². The Morgan fingerprint density at radius 1 is 1.40 bits per heavy atom. The van der Waals surface area contributed by atoms with Crippen molar-refractivity contribution in [2.75, 3.05) is 18.0 Å². The number of aromatic nitrogens is 2. The minimum atomic E-state index is 1.06. The minimum Gasteiger partial charge on any atom is -0.354 e. The second-order valence-electron chi connectivity index (χ2n) is 2.46. The molecule has 0 radical (unpaired) electrons. The van der Waals surface area contributed by atoms with Gasteiger partial charge in [0.2, 0.25) is 0 Å². The first-order valence-electron chi connectivity index (χ1n) is 3.49. The van der Waals surface area contributed by atoms with Crippen LogP contribution in [0.2, 0.25) is 0 Å². The van der Waals surface area contributed by atoms with Crippen molar-refractivity contribution in [2.24, 2.45) is 0 Å². The molecule has 0 atom stereocenters. The van der Waals surface area contributed by atoms with Crippen LogP contribution in [-0.4, -0.2) is 22.7 Å². The van der Waals surface area contributed by atoms with Crippen LogP contribution in [0.3, 0.4) is 0 Å². The number of anilines is 1. The molecule has 0 bridgehead atoms. The van der Waals surface area contributed by atoms with Crippen LogP contribution < -0.4 is 4.90 Å². The van der Waals surface area contributed by atoms with Gasteiger partial charge < -0.3 is 4.90 Å². The van der Waals surface area contributed by atoms with Crippen molar-refractivity contribution in [2.45, 2.75) is 12.8 Å². The van der Waals surface area contributed by atoms with Crippen molar-refractivity contribution in [1.29, 1.82) is 0 Å². The molecule has 1 fully saturated rings. The van der Waals surface area contributed by atoms with Gasteiger partial charge in [-0.2, -0.15) is 0 Å². The lowest BCUT2D eigenvalue weighted by Crippen LogP contribution is -2.17. The zero-order chi connectivity index (χ0) is 6.81. The highest BCUT2D eigenvalue weighted by Gasteiger charge is 2.13. The molecule has 1 aliphatic heterocycles. The van der Waals surface area contributed by atoms with Gasteiger partial charge in [-0.05, 0) is 24.4 Å². The first kappa shape index (κ1) is 6.09. The largest absolute Gasteiger partial charge is 0.354 e. The molecule has 0 saturated carbocycles. The summed E-state index contributed by atoms with van der Waals surface area (Å²) in [7, 11) is 0. The topological polar surface area (TPSA) is 29.0 Å². The molecule has 10 heavy (non-hydrogen) atoms. The third-order valence-corrected chi connectivity index (χ3v) is 2.27. The van der Waals surface area contributed by atoms with Crippen molar-refractivity contribution >= 4 is 17.4 Å². The molecule has 0 N–H and O–H groups in total. The molecule has 0 aliphatic carbocycles. The van der Waals surface area contributed by atoms with E-state index >= 15 is 0 Å². The third-order valence-electron chi connectivity index (χ3n) is 1.78. The Balaban J connectivity index is 2.12. The summed E-state index contributed by atoms with van der Waals surface area (Å²) in [5.41, 5.74) is 0. The van der Waals surface area contributed by atoms with E-state index in [-0.39, 0.29) is 0 Å². The Morgan fingerprint density at radius 3 is 2.80 bits per heavy atom. The normalized spacial score (nSPS) is 18.2. The van der Waals surface area contributed by atoms with E-state index in [4.69, 9.17) is 0 Å². The lowest BCUT2D eigenvalue weighted by molar-refractivity contribution is 0.925. The average Bonchev–Trinajstić information content (AvgIpc) is 2.59. The molecular weight excluding hydrogens is 146 g/mol. The van der Waals surface area contributed by atoms with Crippen molar-refractivity contribution in [3.8, 4) is 0 Å². The summed E-state index contributed by atoms with van der Waals surface area (Å²) in [5, 5.41) is 6.00. The molecule has 0 aromatic carbocycles. The van der Waals surface area contributed by atoms with E-state index in [0.29, 0.717) is 0 Å². The van der Waals surface area contributed by atoms with Gasteiger partial charge in [-0.15, -0.1) is 5.10 Å². The minimum absolute atomic E-state index is 1.06. The molecule has 1 aromatic heterocycles. The van der Waals surface area contributed by atoms with Crippen LogP contribution in [0.4, 0.5) is 5.82 Å². The fourth-order valence-electron chi connectivity index (χ4n) is 1.24. The number of nitrogens with zero attached hydrogens (tertiary/aromatic N) is 3. The molecule has 4 heteroatoms. The maximum atomic E-state index is 3.99. The van der Waals surface area contributed by atoms with Crippen molar-refractivity contribution < 1.29 is 0 Å². The molecule has 0 amide bonds. The van der Waals surface area contributed by atoms with Crippen molar-refractivity contribution in [1.82, 2.24) is 9.59 Å². The van der Waals surface area contributed by atoms with Crippen LogP contribution in [0, 0.1) is 0 Å². The van der Waals surface area contributed by atoms with Crippen molar-refractivity contribution in [3.05, 3.63) is 5.38 Å². The molecule has 3 nitrogen and oxygen atoms in total. The van der Waals surface area contributed by atoms with E-state index in [1.807, 2.05) is 5.38 Å². The van der Waals surface area contributed by atoms with Gasteiger partial charge in [0, 0.05) is 13.1 Å². The molecule has 2 rings (SSSR count). The second kappa shape index (κ2) is 2.54. The predicted molar refractivity (Wildman–Crippen MR) is 41.4 cm³/mol. The van der Waals surface area contributed by atoms with Crippen LogP contribution in [-0.2, 0) is 0 Å². The quantitative estimate of drug-likeness (QED) is 0.609. The monoisotopic (exact) mass is 155 g/mol. The third kappa shape index (κ3) is 0.988. The van der Waals surface area contributed by atoms with Gasteiger partial charge in [-0.25, -0.2) is 0 Å². The molecule has 54 valence electrons. The zero-order valence-electron chi connectivity index (χ0n) is 5.66. The summed E-state index contributed by atoms with van der Waals surface area (Å²) < 4.78 is 3.82. The molecule has 0 unspecified atom stereocenters. The SMILES string of the molecule is c1snnc1N1CCCC1. The van der Waals surface area contributed by atoms with E-state index in [1.54, 1.807) is 0 Å². The van der Waals surface area contributed by atoms with Crippen LogP contribution in [0.25, 0.3) is 0 Å². The highest BCUT2D eigenvalue weighted by Crippen LogP contribution is 2.17. The highest BCUT2D eigenvalue weighted by molar-refractivity contribution is 7.03. The molecule has 1 saturated heterocycles. The van der Waals surface area contributed by atoms with Gasteiger partial charge in [0.1, 0.15) is 0 Å². The van der Waals surface area contributed by atoms with Gasteiger partial charge >= 0.3 is 0 Å². The van der Waals surface area contributed by atoms with Crippen LogP contribution in [0.1, 0.15) is 12.8 Å². The second-order valence-corrected chi connectivity index (χ2v) is 3.07. The summed E-state index contributed by atoms with van der Waals surface area (Å²) in [5.74, 6) is 1.06. The van der Waals surface area contributed by atoms with Crippen LogP contribution in [0.15, 0.2) is 5.38 Å². The molecule has 1 aliphatic rings. The summed E-state index contributed by atoms with van der Waals surface area (Å²) in [6.07, 6.45) is 2.61. The number of rotatable bonds is 1. The number of hydrogen-bond acceptors (Lipinski definition) is 4. The van der Waals surface area contributed by atoms with E-state index in [0.717, 1.165) is 18.9 Å². The predicted octanol–water partition coefficient (Wildman–Crippen LogP) is 1.14. The Labute approximate surface area is 63.8 Å². The Bertz CT molecular complexity index is 191. The zero-order valence-corrected chi connectivity index (χ0v) is 6.47. The van der Waals surface area contributed by atoms with E-state index in [9.17, 15) is 0 Å². The van der Waals surface area contributed by atoms with Gasteiger partial charge in [-0.3, -0.25) is 0 Å². The summed E-state index contributed by atoms with van der Waals surface area (Å²) >= 11 is 1.42. The van der Waals surface area contributed by atoms with Gasteiger partial charge in [0.15, 0.2) is 5.82 Å². The smallest absolute Gasteiger partial charge is 0.163 e. The lowest BCUT2D eigenvalue weighted by Gasteiger charge is -2.11. The van der Waals surface area contributed by atoms with E-state index in [2.05, 4.69) is 14.5 Å². The maximum absolute atomic E-state index is 3.99. The molecular formula is C6H9N3S. The van der Waals surface area contributed by atoms with Gasteiger partial charge in [0.05, 0.1) is 5.38 Å². The first-order valence-corrected chi connectivity index (χ1v) is 4.32. The fraction of sp³-hybridized carbons (Fsp3) is 0.667. The Hall–Kier alpha value is -0.640. The number of hydrogen-bond donors (Lipinski definition) is 0. The highest BCUT2D eigenvalue weighted by atomic mass is 32.1. The van der Waals surface area contributed by atoms with Gasteiger partial charge in [-0.1, -0.05) is 4.49 Å². The molecule has 2 heterocycles. The van der Waals surface area contributed by atoms with Gasteiger partial charge in [0.25, 0.3) is 0 Å². The standard InChI is InChI=1S/C6H9N3S/c1-2-4-9(3-1)6-5-10-8-7-6/h5H,1-4H2. The van der Waals surface area contributed by atoms with Crippen LogP contribution >= 0.6 is 11.5 Å². The first-order chi connectivity index (χ1) is 4.97. The maximum Gasteiger partial charge on any atom is 0.163 e. The summed E-state index contributed by atoms with van der Waals surface area (Å²) in [4.78, 5) is 2.28. The fourth-order valence-corrected chi connectivity index (χ4v) is 1.71. The van der Waals surface area contributed by atoms with Crippen molar-refractivity contribution in [3.63, 3.8) is 0 Å². The summed E-state index contributed by atoms with van der Waals surface area (Å²) in [6, 6.07) is 0. The average molecular weight is 155 g/mol. The van der Waals surface area contributed by atoms with E-state index < -0.39 is 0 Å². The Morgan fingerprint density at radius 2 is 2.20 bits per heavy atom. The lowest BCUT2D eigenvalue weighted by atomic mass is 10.4. The molecule has 0 spiro atoms. The summed E-state index contributed by atoms with van der Waals surface area (Å²) in [6.45, 7) is 2.32.